The second-order valence-electron chi connectivity index (χ2n) is 8.85. The van der Waals surface area contributed by atoms with Crippen molar-refractivity contribution in [1.82, 2.24) is 14.6 Å². The number of anilines is 1. The van der Waals surface area contributed by atoms with Crippen LogP contribution in [0.3, 0.4) is 0 Å². The van der Waals surface area contributed by atoms with Crippen molar-refractivity contribution in [3.63, 3.8) is 0 Å². The molecule has 0 saturated carbocycles. The Labute approximate surface area is 218 Å². The highest BCUT2D eigenvalue weighted by molar-refractivity contribution is 7.09. The van der Waals surface area contributed by atoms with Crippen molar-refractivity contribution in [2.24, 2.45) is 11.7 Å². The standard InChI is InChI=1S/C26H30FN5O4S/c1-15(2)11-12-30-25(34)22(17-7-9-18(27)10-8-17)32(14-16-5-4-6-19(13-16)36-3)26(35)23-20(28)21(24(29)33)31-37-23/h4-10,13,15,22H,11-12,14,28H2,1-3H3,(H2,29,33)(H,30,34). The Morgan fingerprint density at radius 3 is 2.46 bits per heavy atom. The van der Waals surface area contributed by atoms with Crippen LogP contribution < -0.4 is 21.5 Å². The molecule has 3 rings (SSSR count). The van der Waals surface area contributed by atoms with Crippen LogP contribution in [0.2, 0.25) is 0 Å². The van der Waals surface area contributed by atoms with E-state index in [0.29, 0.717) is 29.3 Å². The van der Waals surface area contributed by atoms with Crippen molar-refractivity contribution in [2.75, 3.05) is 19.4 Å². The Hall–Kier alpha value is -3.99. The number of hydrogen-bond acceptors (Lipinski definition) is 7. The molecular weight excluding hydrogens is 497 g/mol. The molecule has 0 aliphatic rings. The first kappa shape index (κ1) is 27.6. The molecule has 37 heavy (non-hydrogen) atoms. The Morgan fingerprint density at radius 1 is 1.16 bits per heavy atom. The number of nitrogens with two attached hydrogens (primary N) is 2. The summed E-state index contributed by atoms with van der Waals surface area (Å²) in [7, 11) is 1.52. The normalized spacial score (nSPS) is 11.7. The summed E-state index contributed by atoms with van der Waals surface area (Å²) in [4.78, 5) is 40.5. The van der Waals surface area contributed by atoms with E-state index >= 15 is 0 Å². The van der Waals surface area contributed by atoms with Crippen molar-refractivity contribution in [3.8, 4) is 5.75 Å². The first-order chi connectivity index (χ1) is 17.6. The van der Waals surface area contributed by atoms with E-state index in [1.54, 1.807) is 24.3 Å². The number of primary amides is 1. The van der Waals surface area contributed by atoms with Gasteiger partial charge in [-0.2, -0.15) is 4.37 Å². The van der Waals surface area contributed by atoms with Crippen molar-refractivity contribution in [3.05, 3.63) is 76.0 Å². The van der Waals surface area contributed by atoms with Crippen LogP contribution >= 0.6 is 11.5 Å². The third kappa shape index (κ3) is 6.82. The molecule has 196 valence electrons. The van der Waals surface area contributed by atoms with Crippen molar-refractivity contribution < 1.29 is 23.5 Å². The average Bonchev–Trinajstić information content (AvgIpc) is 3.25. The fraction of sp³-hybridized carbons (Fsp3) is 0.308. The van der Waals surface area contributed by atoms with Gasteiger partial charge in [0, 0.05) is 13.1 Å². The van der Waals surface area contributed by atoms with Crippen LogP contribution in [0, 0.1) is 11.7 Å². The number of aromatic nitrogens is 1. The zero-order valence-electron chi connectivity index (χ0n) is 20.9. The van der Waals surface area contributed by atoms with E-state index in [4.69, 9.17) is 16.2 Å². The predicted molar refractivity (Wildman–Crippen MR) is 140 cm³/mol. The number of nitrogen functional groups attached to an aromatic ring is 1. The Bertz CT molecular complexity index is 1260. The van der Waals surface area contributed by atoms with Crippen molar-refractivity contribution in [2.45, 2.75) is 32.9 Å². The summed E-state index contributed by atoms with van der Waals surface area (Å²) >= 11 is 0.724. The number of hydrogen-bond donors (Lipinski definition) is 3. The number of benzene rings is 2. The highest BCUT2D eigenvalue weighted by Crippen LogP contribution is 2.31. The molecule has 0 saturated heterocycles. The molecule has 0 bridgehead atoms. The molecule has 9 nitrogen and oxygen atoms in total. The topological polar surface area (TPSA) is 141 Å². The summed E-state index contributed by atoms with van der Waals surface area (Å²) in [6.45, 7) is 4.44. The average molecular weight is 528 g/mol. The first-order valence-corrected chi connectivity index (χ1v) is 12.4. The second kappa shape index (κ2) is 12.3. The number of carbonyl (C=O) groups excluding carboxylic acids is 3. The zero-order valence-corrected chi connectivity index (χ0v) is 21.7. The third-order valence-electron chi connectivity index (χ3n) is 5.67. The van der Waals surface area contributed by atoms with Crippen LogP contribution in [0.4, 0.5) is 10.1 Å². The van der Waals surface area contributed by atoms with Gasteiger partial charge in [-0.25, -0.2) is 4.39 Å². The third-order valence-corrected chi connectivity index (χ3v) is 6.52. The molecule has 0 fully saturated rings. The molecule has 3 aromatic rings. The molecule has 0 spiro atoms. The molecule has 0 aliphatic heterocycles. The SMILES string of the molecule is COc1cccc(CN(C(=O)c2snc(C(N)=O)c2N)C(C(=O)NCCC(C)C)c2ccc(F)cc2)c1. The van der Waals surface area contributed by atoms with Gasteiger partial charge >= 0.3 is 0 Å². The predicted octanol–water partition coefficient (Wildman–Crippen LogP) is 3.52. The summed E-state index contributed by atoms with van der Waals surface area (Å²) in [5.41, 5.74) is 12.1. The van der Waals surface area contributed by atoms with E-state index in [1.807, 2.05) is 13.8 Å². The fourth-order valence-electron chi connectivity index (χ4n) is 3.71. The first-order valence-electron chi connectivity index (χ1n) is 11.6. The van der Waals surface area contributed by atoms with Gasteiger partial charge in [-0.15, -0.1) is 0 Å². The molecule has 3 amide bonds. The largest absolute Gasteiger partial charge is 0.497 e. The van der Waals surface area contributed by atoms with E-state index in [1.165, 1.54) is 36.3 Å². The maximum atomic E-state index is 13.9. The highest BCUT2D eigenvalue weighted by atomic mass is 32.1. The van der Waals surface area contributed by atoms with Crippen LogP contribution in [0.1, 0.15) is 57.6 Å². The van der Waals surface area contributed by atoms with Gasteiger partial charge in [0.1, 0.15) is 22.5 Å². The quantitative estimate of drug-likeness (QED) is 0.349. The van der Waals surface area contributed by atoms with Gasteiger partial charge in [0.25, 0.3) is 11.8 Å². The molecule has 1 aromatic heterocycles. The molecular formula is C26H30FN5O4S. The lowest BCUT2D eigenvalue weighted by molar-refractivity contribution is -0.126. The van der Waals surface area contributed by atoms with Crippen LogP contribution in [0.5, 0.6) is 5.75 Å². The van der Waals surface area contributed by atoms with E-state index in [0.717, 1.165) is 18.0 Å². The number of amides is 3. The van der Waals surface area contributed by atoms with E-state index < -0.39 is 29.6 Å². The summed E-state index contributed by atoms with van der Waals surface area (Å²) in [6, 6.07) is 11.3. The minimum atomic E-state index is -1.13. The van der Waals surface area contributed by atoms with Crippen LogP contribution in [0.25, 0.3) is 0 Å². The van der Waals surface area contributed by atoms with Crippen LogP contribution in [-0.2, 0) is 11.3 Å². The van der Waals surface area contributed by atoms with Gasteiger partial charge in [0.05, 0.1) is 12.8 Å². The van der Waals surface area contributed by atoms with Crippen LogP contribution in [-0.4, -0.2) is 40.6 Å². The van der Waals surface area contributed by atoms with Gasteiger partial charge in [-0.1, -0.05) is 38.1 Å². The molecule has 0 aliphatic carbocycles. The number of rotatable bonds is 11. The summed E-state index contributed by atoms with van der Waals surface area (Å²) in [5, 5.41) is 2.89. The molecule has 1 heterocycles. The second-order valence-corrected chi connectivity index (χ2v) is 9.62. The summed E-state index contributed by atoms with van der Waals surface area (Å²) < 4.78 is 23.0. The zero-order chi connectivity index (χ0) is 27.1. The summed E-state index contributed by atoms with van der Waals surface area (Å²) in [5.74, 6) is -1.50. The number of ether oxygens (including phenoxy) is 1. The molecule has 1 unspecified atom stereocenters. The number of nitrogens with one attached hydrogen (secondary N) is 1. The monoisotopic (exact) mass is 527 g/mol. The van der Waals surface area contributed by atoms with Crippen molar-refractivity contribution >= 4 is 34.9 Å². The lowest BCUT2D eigenvalue weighted by Gasteiger charge is -2.31. The van der Waals surface area contributed by atoms with E-state index in [2.05, 4.69) is 9.69 Å². The maximum absolute atomic E-state index is 13.9. The Balaban J connectivity index is 2.10. The summed E-state index contributed by atoms with van der Waals surface area (Å²) in [6.07, 6.45) is 0.732. The van der Waals surface area contributed by atoms with E-state index in [-0.39, 0.29) is 22.8 Å². The van der Waals surface area contributed by atoms with Crippen LogP contribution in [0.15, 0.2) is 48.5 Å². The lowest BCUT2D eigenvalue weighted by atomic mass is 10.0. The van der Waals surface area contributed by atoms with Gasteiger partial charge in [-0.3, -0.25) is 14.4 Å². The minimum Gasteiger partial charge on any atom is -0.497 e. The molecule has 11 heteroatoms. The Morgan fingerprint density at radius 2 is 1.86 bits per heavy atom. The highest BCUT2D eigenvalue weighted by Gasteiger charge is 2.35. The van der Waals surface area contributed by atoms with Gasteiger partial charge in [-0.05, 0) is 59.3 Å². The number of carbonyl (C=O) groups is 3. The Kier molecular flexibility index (Phi) is 9.18. The van der Waals surface area contributed by atoms with Crippen molar-refractivity contribution in [1.29, 1.82) is 0 Å². The van der Waals surface area contributed by atoms with Gasteiger partial charge < -0.3 is 26.4 Å². The maximum Gasteiger partial charge on any atom is 0.270 e. The molecule has 2 aromatic carbocycles. The van der Waals surface area contributed by atoms with Gasteiger partial charge in [0.15, 0.2) is 5.69 Å². The molecule has 5 N–H and O–H groups in total. The number of halogens is 1. The van der Waals surface area contributed by atoms with Gasteiger partial charge in [0.2, 0.25) is 5.91 Å². The fourth-order valence-corrected chi connectivity index (χ4v) is 4.47. The molecule has 0 radical (unpaired) electrons. The minimum absolute atomic E-state index is 0.0150. The van der Waals surface area contributed by atoms with E-state index in [9.17, 15) is 18.8 Å². The smallest absolute Gasteiger partial charge is 0.270 e. The number of nitrogens with zero attached hydrogens (tertiary/aromatic N) is 2. The lowest BCUT2D eigenvalue weighted by Crippen LogP contribution is -2.43. The molecule has 1 atom stereocenters. The number of methoxy groups -OCH3 is 1.